The fourth-order valence-corrected chi connectivity index (χ4v) is 2.33. The number of aryl methyl sites for hydroxylation is 1. The van der Waals surface area contributed by atoms with E-state index in [1.54, 1.807) is 13.3 Å². The maximum absolute atomic E-state index is 5.69. The lowest BCUT2D eigenvalue weighted by molar-refractivity contribution is 0.163. The minimum atomic E-state index is 0.0903. The molecule has 0 unspecified atom stereocenters. The van der Waals surface area contributed by atoms with Gasteiger partial charge < -0.3 is 14.8 Å². The van der Waals surface area contributed by atoms with Crippen molar-refractivity contribution >= 4 is 0 Å². The lowest BCUT2D eigenvalue weighted by Gasteiger charge is -2.18. The molecule has 0 saturated carbocycles. The third-order valence-electron chi connectivity index (χ3n) is 3.49. The van der Waals surface area contributed by atoms with Gasteiger partial charge in [-0.2, -0.15) is 5.10 Å². The summed E-state index contributed by atoms with van der Waals surface area (Å²) in [5.41, 5.74) is 3.26. The van der Waals surface area contributed by atoms with Crippen molar-refractivity contribution < 1.29 is 9.47 Å². The highest BCUT2D eigenvalue weighted by Crippen LogP contribution is 2.16. The van der Waals surface area contributed by atoms with Gasteiger partial charge in [0.15, 0.2) is 0 Å². The molecule has 5 nitrogen and oxygen atoms in total. The molecule has 124 valence electrons. The van der Waals surface area contributed by atoms with Crippen molar-refractivity contribution in [3.05, 3.63) is 59.9 Å². The maximum atomic E-state index is 5.69. The Bertz CT molecular complexity index is 637. The maximum Gasteiger partial charge on any atom is 0.120 e. The van der Waals surface area contributed by atoms with Gasteiger partial charge in [0.25, 0.3) is 0 Å². The Balaban J connectivity index is 1.99. The number of aromatic nitrogens is 2. The standard InChI is InChI=1S/C18H25N3O2/c1-14(2)12-23-16-7-5-6-15(10-16)11-19-17(13-22-4)18-8-9-20-21(18)3/h5-10,17,19H,1,11-13H2,2-4H3/t17-/m1/s1. The second kappa shape index (κ2) is 8.50. The number of rotatable bonds is 9. The van der Waals surface area contributed by atoms with Crippen LogP contribution in [0, 0.1) is 0 Å². The molecule has 1 atom stereocenters. The van der Waals surface area contributed by atoms with Crippen LogP contribution in [0.25, 0.3) is 0 Å². The van der Waals surface area contributed by atoms with E-state index >= 15 is 0 Å². The zero-order chi connectivity index (χ0) is 16.7. The third kappa shape index (κ3) is 5.23. The van der Waals surface area contributed by atoms with Crippen molar-refractivity contribution in [3.63, 3.8) is 0 Å². The van der Waals surface area contributed by atoms with Gasteiger partial charge in [-0.1, -0.05) is 18.7 Å². The van der Waals surface area contributed by atoms with E-state index in [2.05, 4.69) is 23.1 Å². The van der Waals surface area contributed by atoms with E-state index in [1.807, 2.05) is 42.9 Å². The van der Waals surface area contributed by atoms with Gasteiger partial charge in [-0.15, -0.1) is 0 Å². The predicted octanol–water partition coefficient (Wildman–Crippen LogP) is 2.85. The van der Waals surface area contributed by atoms with E-state index in [0.717, 1.165) is 29.1 Å². The lowest BCUT2D eigenvalue weighted by Crippen LogP contribution is -2.26. The van der Waals surface area contributed by atoms with E-state index in [1.165, 1.54) is 0 Å². The Morgan fingerprint density at radius 3 is 2.87 bits per heavy atom. The zero-order valence-corrected chi connectivity index (χ0v) is 14.1. The topological polar surface area (TPSA) is 48.3 Å². The molecule has 1 N–H and O–H groups in total. The first kappa shape index (κ1) is 17.2. The molecule has 0 saturated heterocycles. The summed E-state index contributed by atoms with van der Waals surface area (Å²) >= 11 is 0. The molecular formula is C18H25N3O2. The Kier molecular flexibility index (Phi) is 6.38. The van der Waals surface area contributed by atoms with Crippen LogP contribution in [0.1, 0.15) is 24.2 Å². The molecule has 0 aliphatic heterocycles. The Morgan fingerprint density at radius 2 is 2.22 bits per heavy atom. The van der Waals surface area contributed by atoms with Crippen LogP contribution in [-0.2, 0) is 18.3 Å². The Morgan fingerprint density at radius 1 is 1.39 bits per heavy atom. The van der Waals surface area contributed by atoms with Crippen LogP contribution in [0.5, 0.6) is 5.75 Å². The number of nitrogens with zero attached hydrogens (tertiary/aromatic N) is 2. The highest BCUT2D eigenvalue weighted by atomic mass is 16.5. The number of nitrogens with one attached hydrogen (secondary N) is 1. The van der Waals surface area contributed by atoms with Gasteiger partial charge in [-0.3, -0.25) is 4.68 Å². The average Bonchev–Trinajstić information content (AvgIpc) is 2.96. The molecule has 23 heavy (non-hydrogen) atoms. The van der Waals surface area contributed by atoms with E-state index in [4.69, 9.17) is 9.47 Å². The van der Waals surface area contributed by atoms with Crippen molar-refractivity contribution in [2.24, 2.45) is 7.05 Å². The highest BCUT2D eigenvalue weighted by molar-refractivity contribution is 5.29. The van der Waals surface area contributed by atoms with Crippen LogP contribution in [0.15, 0.2) is 48.7 Å². The van der Waals surface area contributed by atoms with Crippen molar-refractivity contribution in [2.45, 2.75) is 19.5 Å². The number of ether oxygens (including phenoxy) is 2. The summed E-state index contributed by atoms with van der Waals surface area (Å²) in [7, 11) is 3.64. The summed E-state index contributed by atoms with van der Waals surface area (Å²) in [5.74, 6) is 0.858. The van der Waals surface area contributed by atoms with Crippen LogP contribution < -0.4 is 10.1 Å². The summed E-state index contributed by atoms with van der Waals surface area (Å²) in [6.45, 7) is 7.66. The summed E-state index contributed by atoms with van der Waals surface area (Å²) < 4.78 is 12.9. The second-order valence-corrected chi connectivity index (χ2v) is 5.66. The second-order valence-electron chi connectivity index (χ2n) is 5.66. The van der Waals surface area contributed by atoms with Gasteiger partial charge in [0.1, 0.15) is 12.4 Å². The monoisotopic (exact) mass is 315 g/mol. The van der Waals surface area contributed by atoms with Gasteiger partial charge in [-0.05, 0) is 36.3 Å². The molecule has 5 heteroatoms. The largest absolute Gasteiger partial charge is 0.489 e. The highest BCUT2D eigenvalue weighted by Gasteiger charge is 2.14. The first-order chi connectivity index (χ1) is 11.1. The molecule has 0 fully saturated rings. The predicted molar refractivity (Wildman–Crippen MR) is 91.4 cm³/mol. The fourth-order valence-electron chi connectivity index (χ4n) is 2.33. The minimum absolute atomic E-state index is 0.0903. The van der Waals surface area contributed by atoms with Gasteiger partial charge >= 0.3 is 0 Å². The fraction of sp³-hybridized carbons (Fsp3) is 0.389. The summed E-state index contributed by atoms with van der Waals surface area (Å²) in [6.07, 6.45) is 1.80. The van der Waals surface area contributed by atoms with Gasteiger partial charge in [0.05, 0.1) is 18.3 Å². The molecular weight excluding hydrogens is 290 g/mol. The van der Waals surface area contributed by atoms with Crippen LogP contribution in [0.4, 0.5) is 0 Å². The van der Waals surface area contributed by atoms with Crippen LogP contribution >= 0.6 is 0 Å². The van der Waals surface area contributed by atoms with Gasteiger partial charge in [-0.25, -0.2) is 0 Å². The van der Waals surface area contributed by atoms with Crippen LogP contribution in [0.2, 0.25) is 0 Å². The number of hydrogen-bond donors (Lipinski definition) is 1. The minimum Gasteiger partial charge on any atom is -0.489 e. The molecule has 0 amide bonds. The smallest absolute Gasteiger partial charge is 0.120 e. The first-order valence-corrected chi connectivity index (χ1v) is 7.66. The van der Waals surface area contributed by atoms with E-state index < -0.39 is 0 Å². The molecule has 0 spiro atoms. The van der Waals surface area contributed by atoms with Crippen molar-refractivity contribution in [3.8, 4) is 5.75 Å². The normalized spacial score (nSPS) is 12.1. The molecule has 1 aromatic carbocycles. The van der Waals surface area contributed by atoms with Crippen molar-refractivity contribution in [1.29, 1.82) is 0 Å². The average molecular weight is 315 g/mol. The molecule has 0 bridgehead atoms. The molecule has 1 aromatic heterocycles. The molecule has 0 aliphatic carbocycles. The van der Waals surface area contributed by atoms with E-state index in [9.17, 15) is 0 Å². The Hall–Kier alpha value is -2.11. The summed E-state index contributed by atoms with van der Waals surface area (Å²) in [5, 5.41) is 7.74. The Labute approximate surface area is 137 Å². The molecule has 0 radical (unpaired) electrons. The molecule has 2 rings (SSSR count). The molecule has 1 heterocycles. The van der Waals surface area contributed by atoms with Gasteiger partial charge in [0, 0.05) is 26.9 Å². The zero-order valence-electron chi connectivity index (χ0n) is 14.1. The van der Waals surface area contributed by atoms with Crippen molar-refractivity contribution in [2.75, 3.05) is 20.3 Å². The molecule has 2 aromatic rings. The number of benzene rings is 1. The summed E-state index contributed by atoms with van der Waals surface area (Å²) in [4.78, 5) is 0. The van der Waals surface area contributed by atoms with Crippen LogP contribution in [-0.4, -0.2) is 30.1 Å². The lowest BCUT2D eigenvalue weighted by atomic mass is 10.1. The summed E-state index contributed by atoms with van der Waals surface area (Å²) in [6, 6.07) is 10.2. The SMILES string of the molecule is C=C(C)COc1cccc(CN[C@H](COC)c2ccnn2C)c1. The van der Waals surface area contributed by atoms with E-state index in [0.29, 0.717) is 13.2 Å². The van der Waals surface area contributed by atoms with Crippen molar-refractivity contribution in [1.82, 2.24) is 15.1 Å². The van der Waals surface area contributed by atoms with Crippen LogP contribution in [0.3, 0.4) is 0 Å². The number of hydrogen-bond acceptors (Lipinski definition) is 4. The quantitative estimate of drug-likeness (QED) is 0.723. The van der Waals surface area contributed by atoms with E-state index in [-0.39, 0.29) is 6.04 Å². The van der Waals surface area contributed by atoms with Gasteiger partial charge in [0.2, 0.25) is 0 Å². The third-order valence-corrected chi connectivity index (χ3v) is 3.49. The first-order valence-electron chi connectivity index (χ1n) is 7.66. The molecule has 0 aliphatic rings. The number of methoxy groups -OCH3 is 1.